The van der Waals surface area contributed by atoms with Gasteiger partial charge in [0.2, 0.25) is 0 Å². The lowest BCUT2D eigenvalue weighted by Gasteiger charge is -2.36. The fraction of sp³-hybridized carbons (Fsp3) is 0.533. The number of halogens is 1. The van der Waals surface area contributed by atoms with E-state index in [0.717, 1.165) is 0 Å². The van der Waals surface area contributed by atoms with E-state index in [2.05, 4.69) is 5.32 Å². The minimum atomic E-state index is -0.376. The molecule has 1 aliphatic rings. The van der Waals surface area contributed by atoms with E-state index in [-0.39, 0.29) is 30.7 Å². The second-order valence-corrected chi connectivity index (χ2v) is 5.25. The molecule has 2 rings (SSSR count). The number of aryl methyl sites for hydroxylation is 1. The van der Waals surface area contributed by atoms with Crippen LogP contribution in [0.25, 0.3) is 0 Å². The smallest absolute Gasteiger partial charge is 0.322 e. The van der Waals surface area contributed by atoms with Crippen LogP contribution in [0.2, 0.25) is 0 Å². The molecule has 21 heavy (non-hydrogen) atoms. The van der Waals surface area contributed by atoms with E-state index in [1.54, 1.807) is 17.0 Å². The van der Waals surface area contributed by atoms with Crippen LogP contribution < -0.4 is 5.32 Å². The van der Waals surface area contributed by atoms with Gasteiger partial charge in [-0.05, 0) is 31.0 Å². The van der Waals surface area contributed by atoms with Crippen molar-refractivity contribution in [3.8, 4) is 0 Å². The number of benzene rings is 1. The molecular formula is C15H21FN2O3. The second-order valence-electron chi connectivity index (χ2n) is 5.25. The van der Waals surface area contributed by atoms with Gasteiger partial charge >= 0.3 is 6.03 Å². The summed E-state index contributed by atoms with van der Waals surface area (Å²) in [6, 6.07) is 4.37. The molecule has 2 amide bonds. The fourth-order valence-electron chi connectivity index (χ4n) is 2.43. The number of carbonyl (C=O) groups excluding carboxylic acids is 1. The monoisotopic (exact) mass is 296 g/mol. The van der Waals surface area contributed by atoms with Crippen LogP contribution in [-0.4, -0.2) is 47.9 Å². The van der Waals surface area contributed by atoms with E-state index in [1.165, 1.54) is 6.07 Å². The SMILES string of the molecule is CCc1ccc(NC(=O)N2C[C@H](CO)O[C@@H](C)C2)cc1F. The quantitative estimate of drug-likeness (QED) is 0.897. The average Bonchev–Trinajstić information content (AvgIpc) is 2.46. The first-order valence-corrected chi connectivity index (χ1v) is 7.14. The first-order valence-electron chi connectivity index (χ1n) is 7.14. The van der Waals surface area contributed by atoms with E-state index < -0.39 is 0 Å². The van der Waals surface area contributed by atoms with E-state index in [1.807, 2.05) is 13.8 Å². The van der Waals surface area contributed by atoms with Crippen LogP contribution in [-0.2, 0) is 11.2 Å². The number of morpholine rings is 1. The van der Waals surface area contributed by atoms with Crippen molar-refractivity contribution in [1.82, 2.24) is 4.90 Å². The summed E-state index contributed by atoms with van der Waals surface area (Å²) in [4.78, 5) is 13.8. The van der Waals surface area contributed by atoms with Crippen LogP contribution >= 0.6 is 0 Å². The predicted octanol–water partition coefficient (Wildman–Crippen LogP) is 2.00. The zero-order valence-electron chi connectivity index (χ0n) is 12.3. The summed E-state index contributed by atoms with van der Waals surface area (Å²) in [5.41, 5.74) is 1.04. The molecule has 2 atom stereocenters. The van der Waals surface area contributed by atoms with Gasteiger partial charge in [0, 0.05) is 12.2 Å². The number of ether oxygens (including phenoxy) is 1. The molecule has 0 unspecified atom stereocenters. The number of aliphatic hydroxyl groups excluding tert-OH is 1. The lowest BCUT2D eigenvalue weighted by Crippen LogP contribution is -2.51. The highest BCUT2D eigenvalue weighted by molar-refractivity contribution is 5.89. The Morgan fingerprint density at radius 1 is 1.52 bits per heavy atom. The highest BCUT2D eigenvalue weighted by atomic mass is 19.1. The number of nitrogens with zero attached hydrogens (tertiary/aromatic N) is 1. The lowest BCUT2D eigenvalue weighted by molar-refractivity contribution is -0.0822. The summed E-state index contributed by atoms with van der Waals surface area (Å²) in [5.74, 6) is -0.320. The molecule has 1 aromatic rings. The molecule has 0 spiro atoms. The minimum absolute atomic E-state index is 0.131. The van der Waals surface area contributed by atoms with E-state index in [9.17, 15) is 9.18 Å². The molecule has 0 bridgehead atoms. The summed E-state index contributed by atoms with van der Waals surface area (Å²) in [7, 11) is 0. The molecule has 6 heteroatoms. The zero-order valence-corrected chi connectivity index (χ0v) is 12.3. The van der Waals surface area contributed by atoms with Gasteiger partial charge in [-0.25, -0.2) is 9.18 Å². The Balaban J connectivity index is 2.02. The maximum absolute atomic E-state index is 13.7. The van der Waals surface area contributed by atoms with Gasteiger partial charge in [-0.2, -0.15) is 0 Å². The number of nitrogens with one attached hydrogen (secondary N) is 1. The van der Waals surface area contributed by atoms with E-state index >= 15 is 0 Å². The summed E-state index contributed by atoms with van der Waals surface area (Å²) in [5, 5.41) is 11.8. The molecule has 0 aliphatic carbocycles. The Labute approximate surface area is 123 Å². The summed E-state index contributed by atoms with van der Waals surface area (Å²) >= 11 is 0. The third-order valence-electron chi connectivity index (χ3n) is 3.50. The van der Waals surface area contributed by atoms with Crippen molar-refractivity contribution in [3.05, 3.63) is 29.6 Å². The number of hydrogen-bond acceptors (Lipinski definition) is 3. The lowest BCUT2D eigenvalue weighted by atomic mass is 10.1. The molecule has 0 saturated carbocycles. The Morgan fingerprint density at radius 3 is 2.90 bits per heavy atom. The van der Waals surface area contributed by atoms with Gasteiger partial charge in [-0.1, -0.05) is 13.0 Å². The Hall–Kier alpha value is -1.66. The number of hydrogen-bond donors (Lipinski definition) is 2. The van der Waals surface area contributed by atoms with Gasteiger partial charge in [0.1, 0.15) is 5.82 Å². The molecule has 0 radical (unpaired) electrons. The average molecular weight is 296 g/mol. The van der Waals surface area contributed by atoms with Gasteiger partial charge in [-0.3, -0.25) is 0 Å². The third kappa shape index (κ3) is 3.92. The van der Waals surface area contributed by atoms with Crippen LogP contribution in [0.4, 0.5) is 14.9 Å². The largest absolute Gasteiger partial charge is 0.394 e. The number of amides is 2. The van der Waals surface area contributed by atoms with Crippen molar-refractivity contribution >= 4 is 11.7 Å². The standard InChI is InChI=1S/C15H21FN2O3/c1-3-11-4-5-12(6-14(11)16)17-15(20)18-7-10(2)21-13(8-18)9-19/h4-6,10,13,19H,3,7-9H2,1-2H3,(H,17,20)/t10-,13+/m0/s1. The highest BCUT2D eigenvalue weighted by Crippen LogP contribution is 2.17. The molecule has 0 aromatic heterocycles. The molecule has 1 aliphatic heterocycles. The summed E-state index contributed by atoms with van der Waals surface area (Å²) in [6.07, 6.45) is 0.0960. The second kappa shape index (κ2) is 6.87. The molecule has 2 N–H and O–H groups in total. The summed E-state index contributed by atoms with van der Waals surface area (Å²) in [6.45, 7) is 4.35. The van der Waals surface area contributed by atoms with Crippen molar-refractivity contribution in [2.24, 2.45) is 0 Å². The van der Waals surface area contributed by atoms with E-state index in [0.29, 0.717) is 30.8 Å². The molecule has 1 fully saturated rings. The molecule has 1 aromatic carbocycles. The Kier molecular flexibility index (Phi) is 5.14. The van der Waals surface area contributed by atoms with Crippen molar-refractivity contribution in [2.45, 2.75) is 32.5 Å². The molecule has 1 saturated heterocycles. The predicted molar refractivity (Wildman–Crippen MR) is 77.8 cm³/mol. The Morgan fingerprint density at radius 2 is 2.29 bits per heavy atom. The fourth-order valence-corrected chi connectivity index (χ4v) is 2.43. The van der Waals surface area contributed by atoms with Crippen LogP contribution in [0.1, 0.15) is 19.4 Å². The number of carbonyl (C=O) groups is 1. The van der Waals surface area contributed by atoms with Crippen molar-refractivity contribution in [3.63, 3.8) is 0 Å². The first kappa shape index (κ1) is 15.7. The maximum atomic E-state index is 13.7. The van der Waals surface area contributed by atoms with Crippen LogP contribution in [0.5, 0.6) is 0 Å². The van der Waals surface area contributed by atoms with Gasteiger partial charge in [0.05, 0.1) is 25.4 Å². The topological polar surface area (TPSA) is 61.8 Å². The van der Waals surface area contributed by atoms with Gasteiger partial charge in [0.15, 0.2) is 0 Å². The first-order chi connectivity index (χ1) is 10.0. The zero-order chi connectivity index (χ0) is 15.4. The van der Waals surface area contributed by atoms with Crippen molar-refractivity contribution in [1.29, 1.82) is 0 Å². The van der Waals surface area contributed by atoms with Gasteiger partial charge in [0.25, 0.3) is 0 Å². The minimum Gasteiger partial charge on any atom is -0.394 e. The van der Waals surface area contributed by atoms with Crippen molar-refractivity contribution in [2.75, 3.05) is 25.0 Å². The van der Waals surface area contributed by atoms with Crippen LogP contribution in [0, 0.1) is 5.82 Å². The third-order valence-corrected chi connectivity index (χ3v) is 3.50. The van der Waals surface area contributed by atoms with Gasteiger partial charge in [-0.15, -0.1) is 0 Å². The van der Waals surface area contributed by atoms with Gasteiger partial charge < -0.3 is 20.1 Å². The summed E-state index contributed by atoms with van der Waals surface area (Å²) < 4.78 is 19.2. The van der Waals surface area contributed by atoms with Crippen molar-refractivity contribution < 1.29 is 19.0 Å². The highest BCUT2D eigenvalue weighted by Gasteiger charge is 2.28. The molecule has 5 nitrogen and oxygen atoms in total. The molecule has 116 valence electrons. The number of urea groups is 1. The Bertz CT molecular complexity index is 510. The number of rotatable bonds is 3. The molecular weight excluding hydrogens is 275 g/mol. The van der Waals surface area contributed by atoms with Crippen LogP contribution in [0.3, 0.4) is 0 Å². The molecule has 1 heterocycles. The maximum Gasteiger partial charge on any atom is 0.322 e. The van der Waals surface area contributed by atoms with E-state index in [4.69, 9.17) is 9.84 Å². The van der Waals surface area contributed by atoms with Crippen LogP contribution in [0.15, 0.2) is 18.2 Å². The number of anilines is 1. The normalized spacial score (nSPS) is 22.2. The number of aliphatic hydroxyl groups is 1.